The van der Waals surface area contributed by atoms with Crippen LogP contribution in [0.3, 0.4) is 0 Å². The summed E-state index contributed by atoms with van der Waals surface area (Å²) in [4.78, 5) is 0. The zero-order chi connectivity index (χ0) is 8.23. The molecule has 1 heterocycles. The summed E-state index contributed by atoms with van der Waals surface area (Å²) in [6, 6.07) is 0. The number of nitrogens with one attached hydrogen (secondary N) is 1. The van der Waals surface area contributed by atoms with Gasteiger partial charge in [-0.15, -0.1) is 0 Å². The second-order valence-corrected chi connectivity index (χ2v) is 3.82. The topological polar surface area (TPSA) is 12.0 Å². The molecule has 12 heavy (non-hydrogen) atoms. The molecule has 0 amide bonds. The van der Waals surface area contributed by atoms with Crippen LogP contribution in [0.25, 0.3) is 0 Å². The van der Waals surface area contributed by atoms with Crippen LogP contribution in [0.4, 0.5) is 0 Å². The molecule has 0 spiro atoms. The van der Waals surface area contributed by atoms with Gasteiger partial charge in [-0.1, -0.05) is 23.8 Å². The van der Waals surface area contributed by atoms with E-state index in [9.17, 15) is 0 Å². The number of allylic oxidation sites excluding steroid dienone is 4. The van der Waals surface area contributed by atoms with Gasteiger partial charge < -0.3 is 5.32 Å². The Morgan fingerprint density at radius 3 is 3.08 bits per heavy atom. The molecule has 0 saturated carbocycles. The van der Waals surface area contributed by atoms with Gasteiger partial charge in [0.05, 0.1) is 0 Å². The highest BCUT2D eigenvalue weighted by Crippen LogP contribution is 2.21. The van der Waals surface area contributed by atoms with E-state index in [1.165, 1.54) is 38.8 Å². The van der Waals surface area contributed by atoms with Crippen molar-refractivity contribution in [2.24, 2.45) is 5.92 Å². The van der Waals surface area contributed by atoms with Crippen molar-refractivity contribution in [1.82, 2.24) is 5.32 Å². The van der Waals surface area contributed by atoms with Gasteiger partial charge in [-0.2, -0.15) is 0 Å². The summed E-state index contributed by atoms with van der Waals surface area (Å²) < 4.78 is 0. The molecule has 1 aliphatic carbocycles. The van der Waals surface area contributed by atoms with E-state index < -0.39 is 0 Å². The van der Waals surface area contributed by atoms with Crippen molar-refractivity contribution in [1.29, 1.82) is 0 Å². The lowest BCUT2D eigenvalue weighted by Gasteiger charge is -2.11. The highest BCUT2D eigenvalue weighted by atomic mass is 14.9. The molecule has 1 aliphatic heterocycles. The Bertz CT molecular complexity index is 197. The van der Waals surface area contributed by atoms with Crippen LogP contribution < -0.4 is 5.32 Å². The summed E-state index contributed by atoms with van der Waals surface area (Å²) in [6.45, 7) is 2.45. The van der Waals surface area contributed by atoms with E-state index >= 15 is 0 Å². The van der Waals surface area contributed by atoms with Gasteiger partial charge in [0.25, 0.3) is 0 Å². The molecular weight excluding hydrogens is 146 g/mol. The summed E-state index contributed by atoms with van der Waals surface area (Å²) in [7, 11) is 0. The molecule has 1 fully saturated rings. The lowest BCUT2D eigenvalue weighted by atomic mass is 9.95. The monoisotopic (exact) mass is 163 g/mol. The van der Waals surface area contributed by atoms with Crippen LogP contribution in [0.1, 0.15) is 25.7 Å². The SMILES string of the molecule is C1=CC(C[C@H]2CCNC2)=CCC1. The van der Waals surface area contributed by atoms with Crippen molar-refractivity contribution in [2.45, 2.75) is 25.7 Å². The Morgan fingerprint density at radius 2 is 2.42 bits per heavy atom. The molecule has 0 unspecified atom stereocenters. The van der Waals surface area contributed by atoms with E-state index in [4.69, 9.17) is 0 Å². The Morgan fingerprint density at radius 1 is 1.42 bits per heavy atom. The molecule has 2 rings (SSSR count). The van der Waals surface area contributed by atoms with E-state index in [2.05, 4.69) is 23.5 Å². The molecule has 66 valence electrons. The Hall–Kier alpha value is -0.560. The molecule has 0 aromatic heterocycles. The normalized spacial score (nSPS) is 29.0. The molecule has 1 nitrogen and oxygen atoms in total. The first kappa shape index (κ1) is 8.06. The molecule has 1 N–H and O–H groups in total. The van der Waals surface area contributed by atoms with Crippen molar-refractivity contribution in [3.05, 3.63) is 23.8 Å². The minimum absolute atomic E-state index is 0.902. The smallest absolute Gasteiger partial charge is 0.00169 e. The molecule has 1 saturated heterocycles. The molecular formula is C11H17N. The summed E-state index contributed by atoms with van der Waals surface area (Å²) in [5.74, 6) is 0.902. The highest BCUT2D eigenvalue weighted by molar-refractivity contribution is 5.22. The standard InChI is InChI=1S/C11H17N/c1-2-4-10(5-3-1)8-11-6-7-12-9-11/h2,4-5,11-12H,1,3,6-9H2/t11-/m1/s1. The van der Waals surface area contributed by atoms with Crippen molar-refractivity contribution < 1.29 is 0 Å². The average molecular weight is 163 g/mol. The number of hydrogen-bond acceptors (Lipinski definition) is 1. The lowest BCUT2D eigenvalue weighted by Crippen LogP contribution is -2.09. The van der Waals surface area contributed by atoms with Gasteiger partial charge >= 0.3 is 0 Å². The van der Waals surface area contributed by atoms with Crippen LogP contribution >= 0.6 is 0 Å². The fourth-order valence-corrected chi connectivity index (χ4v) is 2.04. The van der Waals surface area contributed by atoms with Crippen molar-refractivity contribution in [3.8, 4) is 0 Å². The minimum atomic E-state index is 0.902. The zero-order valence-electron chi connectivity index (χ0n) is 7.55. The maximum Gasteiger partial charge on any atom is -0.00169 e. The molecule has 0 radical (unpaired) electrons. The van der Waals surface area contributed by atoms with Crippen molar-refractivity contribution in [3.63, 3.8) is 0 Å². The summed E-state index contributed by atoms with van der Waals surface area (Å²) in [6.07, 6.45) is 12.2. The maximum atomic E-state index is 3.41. The van der Waals surface area contributed by atoms with E-state index in [-0.39, 0.29) is 0 Å². The average Bonchev–Trinajstić information content (AvgIpc) is 2.59. The minimum Gasteiger partial charge on any atom is -0.316 e. The van der Waals surface area contributed by atoms with Crippen LogP contribution in [-0.2, 0) is 0 Å². The van der Waals surface area contributed by atoms with Crippen LogP contribution in [0, 0.1) is 5.92 Å². The van der Waals surface area contributed by atoms with Crippen LogP contribution in [0.5, 0.6) is 0 Å². The van der Waals surface area contributed by atoms with Gasteiger partial charge in [0.2, 0.25) is 0 Å². The fraction of sp³-hybridized carbons (Fsp3) is 0.636. The predicted molar refractivity (Wildman–Crippen MR) is 52.1 cm³/mol. The first-order valence-corrected chi connectivity index (χ1v) is 5.01. The quantitative estimate of drug-likeness (QED) is 0.658. The van der Waals surface area contributed by atoms with Gasteiger partial charge in [0.1, 0.15) is 0 Å². The van der Waals surface area contributed by atoms with Gasteiger partial charge in [-0.3, -0.25) is 0 Å². The van der Waals surface area contributed by atoms with E-state index in [1.54, 1.807) is 5.57 Å². The Balaban J connectivity index is 1.85. The Kier molecular flexibility index (Phi) is 2.62. The zero-order valence-corrected chi connectivity index (χ0v) is 7.55. The number of hydrogen-bond donors (Lipinski definition) is 1. The van der Waals surface area contributed by atoms with E-state index in [1.807, 2.05) is 0 Å². The van der Waals surface area contributed by atoms with E-state index in [0.29, 0.717) is 0 Å². The van der Waals surface area contributed by atoms with Crippen LogP contribution in [-0.4, -0.2) is 13.1 Å². The third-order valence-corrected chi connectivity index (χ3v) is 2.76. The Labute approximate surface area is 74.5 Å². The van der Waals surface area contributed by atoms with E-state index in [0.717, 1.165) is 5.92 Å². The molecule has 2 aliphatic rings. The van der Waals surface area contributed by atoms with Crippen molar-refractivity contribution in [2.75, 3.05) is 13.1 Å². The van der Waals surface area contributed by atoms with Gasteiger partial charge in [-0.05, 0) is 44.7 Å². The highest BCUT2D eigenvalue weighted by Gasteiger charge is 2.15. The number of rotatable bonds is 2. The predicted octanol–water partition coefficient (Wildman–Crippen LogP) is 2.26. The largest absolute Gasteiger partial charge is 0.316 e. The first-order valence-electron chi connectivity index (χ1n) is 5.01. The third kappa shape index (κ3) is 1.98. The summed E-state index contributed by atoms with van der Waals surface area (Å²) >= 11 is 0. The maximum absolute atomic E-state index is 3.41. The van der Waals surface area contributed by atoms with Crippen molar-refractivity contribution >= 4 is 0 Å². The molecule has 1 heteroatoms. The second-order valence-electron chi connectivity index (χ2n) is 3.82. The summed E-state index contributed by atoms with van der Waals surface area (Å²) in [5, 5.41) is 3.41. The third-order valence-electron chi connectivity index (χ3n) is 2.76. The lowest BCUT2D eigenvalue weighted by molar-refractivity contribution is 0.580. The van der Waals surface area contributed by atoms with Gasteiger partial charge in [0.15, 0.2) is 0 Å². The van der Waals surface area contributed by atoms with Gasteiger partial charge in [-0.25, -0.2) is 0 Å². The second kappa shape index (κ2) is 3.90. The molecule has 0 bridgehead atoms. The first-order chi connectivity index (χ1) is 5.95. The van der Waals surface area contributed by atoms with Crippen LogP contribution in [0.2, 0.25) is 0 Å². The fourth-order valence-electron chi connectivity index (χ4n) is 2.04. The van der Waals surface area contributed by atoms with Gasteiger partial charge in [0, 0.05) is 0 Å². The molecule has 0 aromatic rings. The summed E-state index contributed by atoms with van der Waals surface area (Å²) in [5.41, 5.74) is 1.56. The molecule has 0 aromatic carbocycles. The van der Waals surface area contributed by atoms with Crippen LogP contribution in [0.15, 0.2) is 23.8 Å². The molecule has 1 atom stereocenters.